The molecule has 0 aliphatic rings. The van der Waals surface area contributed by atoms with Gasteiger partial charge >= 0.3 is 0 Å². The van der Waals surface area contributed by atoms with Crippen LogP contribution in [0.5, 0.6) is 0 Å². The minimum absolute atomic E-state index is 0. The smallest absolute Gasteiger partial charge is 0 e. The zero-order valence-corrected chi connectivity index (χ0v) is 6.50. The van der Waals surface area contributed by atoms with Crippen molar-refractivity contribution in [2.45, 2.75) is 0 Å². The van der Waals surface area contributed by atoms with E-state index in [4.69, 9.17) is 0 Å². The molecular formula is H14NaO7. The monoisotopic (exact) mass is 149 g/mol. The Balaban J connectivity index is 0. The van der Waals surface area contributed by atoms with Crippen LogP contribution in [0.15, 0.2) is 0 Å². The summed E-state index contributed by atoms with van der Waals surface area (Å²) in [5, 5.41) is 0. The van der Waals surface area contributed by atoms with Gasteiger partial charge in [-0.3, -0.25) is 0 Å². The molecule has 0 atom stereocenters. The van der Waals surface area contributed by atoms with Crippen LogP contribution in [-0.2, 0) is 0 Å². The molecule has 7 nitrogen and oxygen atoms in total. The topological polar surface area (TPSA) is 220 Å². The molecule has 8 heteroatoms. The van der Waals surface area contributed by atoms with Gasteiger partial charge in [-0.1, -0.05) is 0 Å². The standard InChI is InChI=1S/Na.7H2O/h;7*1H2. The first-order chi connectivity index (χ1) is 0. The SMILES string of the molecule is O.O.O.O.O.O.O.[Na]. The Morgan fingerprint density at radius 1 is 0.250 bits per heavy atom. The predicted molar refractivity (Wildman–Crippen MR) is 31.1 cm³/mol. The summed E-state index contributed by atoms with van der Waals surface area (Å²) in [6.45, 7) is 0. The maximum atomic E-state index is 0. The van der Waals surface area contributed by atoms with Crippen molar-refractivity contribution in [1.29, 1.82) is 0 Å². The van der Waals surface area contributed by atoms with E-state index >= 15 is 0 Å². The molecule has 0 aromatic rings. The van der Waals surface area contributed by atoms with Gasteiger partial charge in [-0.2, -0.15) is 0 Å². The molecule has 0 saturated carbocycles. The summed E-state index contributed by atoms with van der Waals surface area (Å²) < 4.78 is 0. The maximum Gasteiger partial charge on any atom is 0 e. The van der Waals surface area contributed by atoms with Crippen LogP contribution in [0.25, 0.3) is 0 Å². The van der Waals surface area contributed by atoms with Crippen LogP contribution in [0.1, 0.15) is 0 Å². The van der Waals surface area contributed by atoms with Crippen LogP contribution in [0.3, 0.4) is 0 Å². The zero-order chi connectivity index (χ0) is 0. The second-order valence-electron chi connectivity index (χ2n) is 0. The van der Waals surface area contributed by atoms with E-state index in [2.05, 4.69) is 0 Å². The van der Waals surface area contributed by atoms with Gasteiger partial charge in [0.15, 0.2) is 0 Å². The molecule has 0 aliphatic carbocycles. The second kappa shape index (κ2) is 672. The molecule has 0 unspecified atom stereocenters. The van der Waals surface area contributed by atoms with Gasteiger partial charge in [0, 0.05) is 29.6 Å². The van der Waals surface area contributed by atoms with Gasteiger partial charge < -0.3 is 38.3 Å². The van der Waals surface area contributed by atoms with Crippen molar-refractivity contribution in [1.82, 2.24) is 0 Å². The van der Waals surface area contributed by atoms with Crippen LogP contribution in [-0.4, -0.2) is 67.9 Å². The van der Waals surface area contributed by atoms with Crippen LogP contribution >= 0.6 is 0 Å². The Labute approximate surface area is 68.1 Å². The van der Waals surface area contributed by atoms with Crippen molar-refractivity contribution in [3.05, 3.63) is 0 Å². The van der Waals surface area contributed by atoms with E-state index in [9.17, 15) is 0 Å². The van der Waals surface area contributed by atoms with Gasteiger partial charge in [0.25, 0.3) is 0 Å². The summed E-state index contributed by atoms with van der Waals surface area (Å²) in [5.41, 5.74) is 0. The molecule has 0 amide bonds. The average Bonchev–Trinajstić information content (AvgIpc) is 0. The molecule has 8 heavy (non-hydrogen) atoms. The van der Waals surface area contributed by atoms with Gasteiger partial charge in [-0.25, -0.2) is 0 Å². The van der Waals surface area contributed by atoms with Crippen LogP contribution in [0.4, 0.5) is 0 Å². The van der Waals surface area contributed by atoms with Gasteiger partial charge in [0.2, 0.25) is 0 Å². The molecule has 14 N–H and O–H groups in total. The summed E-state index contributed by atoms with van der Waals surface area (Å²) in [5.74, 6) is 0. The molecule has 0 spiro atoms. The van der Waals surface area contributed by atoms with E-state index in [-0.39, 0.29) is 67.9 Å². The van der Waals surface area contributed by atoms with Gasteiger partial charge in [0.1, 0.15) is 0 Å². The molecule has 0 rings (SSSR count). The molecule has 0 aromatic carbocycles. The van der Waals surface area contributed by atoms with Crippen molar-refractivity contribution in [3.63, 3.8) is 0 Å². The first-order valence-corrected chi connectivity index (χ1v) is 0. The largest absolute Gasteiger partial charge is 0.412 e. The normalized spacial score (nSPS) is 0. The molecular weight excluding hydrogens is 135 g/mol. The summed E-state index contributed by atoms with van der Waals surface area (Å²) in [6.07, 6.45) is 0. The predicted octanol–water partition coefficient (Wildman–Crippen LogP) is -6.15. The van der Waals surface area contributed by atoms with Gasteiger partial charge in [-0.15, -0.1) is 0 Å². The third-order valence-corrected chi connectivity index (χ3v) is 0. The fourth-order valence-corrected chi connectivity index (χ4v) is 0. The minimum atomic E-state index is 0. The average molecular weight is 149 g/mol. The molecule has 1 radical (unpaired) electrons. The molecule has 57 valence electrons. The van der Waals surface area contributed by atoms with E-state index in [1.165, 1.54) is 0 Å². The van der Waals surface area contributed by atoms with Crippen molar-refractivity contribution < 1.29 is 38.3 Å². The number of rotatable bonds is 0. The van der Waals surface area contributed by atoms with E-state index in [0.29, 0.717) is 0 Å². The third-order valence-electron chi connectivity index (χ3n) is 0. The summed E-state index contributed by atoms with van der Waals surface area (Å²) in [4.78, 5) is 0. The minimum Gasteiger partial charge on any atom is -0.412 e. The second-order valence-corrected chi connectivity index (χ2v) is 0. The van der Waals surface area contributed by atoms with Crippen LogP contribution in [0, 0.1) is 0 Å². The van der Waals surface area contributed by atoms with Crippen LogP contribution < -0.4 is 0 Å². The maximum absolute atomic E-state index is 0. The molecule has 0 aromatic heterocycles. The summed E-state index contributed by atoms with van der Waals surface area (Å²) in [7, 11) is 0. The van der Waals surface area contributed by atoms with E-state index < -0.39 is 0 Å². The van der Waals surface area contributed by atoms with Gasteiger partial charge in [0.05, 0.1) is 0 Å². The van der Waals surface area contributed by atoms with Crippen molar-refractivity contribution in [2.24, 2.45) is 0 Å². The molecule has 0 bridgehead atoms. The Morgan fingerprint density at radius 3 is 0.250 bits per heavy atom. The third kappa shape index (κ3) is 424. The quantitative estimate of drug-likeness (QED) is 0.293. The Hall–Kier alpha value is 0.720. The molecule has 0 heterocycles. The molecule has 0 saturated heterocycles. The molecule has 0 aliphatic heterocycles. The summed E-state index contributed by atoms with van der Waals surface area (Å²) >= 11 is 0. The van der Waals surface area contributed by atoms with E-state index in [1.807, 2.05) is 0 Å². The van der Waals surface area contributed by atoms with E-state index in [0.717, 1.165) is 0 Å². The van der Waals surface area contributed by atoms with Crippen molar-refractivity contribution in [2.75, 3.05) is 0 Å². The first kappa shape index (κ1) is 1000. The van der Waals surface area contributed by atoms with Gasteiger partial charge in [-0.05, 0) is 0 Å². The number of hydrogen-bond acceptors (Lipinski definition) is 0. The van der Waals surface area contributed by atoms with Crippen molar-refractivity contribution >= 4 is 29.6 Å². The van der Waals surface area contributed by atoms with Crippen LogP contribution in [0.2, 0.25) is 0 Å². The summed E-state index contributed by atoms with van der Waals surface area (Å²) in [6, 6.07) is 0. The Bertz CT molecular complexity index is 4.35. The van der Waals surface area contributed by atoms with Crippen molar-refractivity contribution in [3.8, 4) is 0 Å². The number of hydrogen-bond donors (Lipinski definition) is 0. The van der Waals surface area contributed by atoms with E-state index in [1.54, 1.807) is 0 Å². The Morgan fingerprint density at radius 2 is 0.250 bits per heavy atom. The fourth-order valence-electron chi connectivity index (χ4n) is 0. The molecule has 0 fully saturated rings. The first-order valence-electron chi connectivity index (χ1n) is 0. The fraction of sp³-hybridized carbons (Fsp3) is 0. The Kier molecular flexibility index (Phi) is 84300. The zero-order valence-electron chi connectivity index (χ0n) is 4.50.